The zero-order valence-corrected chi connectivity index (χ0v) is 23.7. The lowest BCUT2D eigenvalue weighted by molar-refractivity contribution is -0.0581. The Hall–Kier alpha value is -3.01. The Morgan fingerprint density at radius 3 is 2.74 bits per heavy atom. The SMILES string of the molecule is CC(NC(CN1CCC(c2cccc(OCc3ccc4nccn4c3)n2)CC1)=NC[C@@H]1CCO1)OC(C)(C)C. The largest absolute Gasteiger partial charge is 0.473 e. The van der Waals surface area contributed by atoms with Gasteiger partial charge in [-0.1, -0.05) is 12.1 Å². The van der Waals surface area contributed by atoms with Crippen LogP contribution in [0.4, 0.5) is 0 Å². The zero-order chi connectivity index (χ0) is 27.2. The maximum Gasteiger partial charge on any atom is 0.213 e. The summed E-state index contributed by atoms with van der Waals surface area (Å²) < 4.78 is 19.7. The van der Waals surface area contributed by atoms with Crippen LogP contribution in [0.3, 0.4) is 0 Å². The molecule has 1 N–H and O–H groups in total. The Morgan fingerprint density at radius 2 is 2.00 bits per heavy atom. The molecule has 3 aromatic heterocycles. The number of nitrogens with one attached hydrogen (secondary N) is 1. The van der Waals surface area contributed by atoms with Crippen LogP contribution in [0.5, 0.6) is 5.88 Å². The van der Waals surface area contributed by atoms with Gasteiger partial charge in [-0.2, -0.15) is 0 Å². The van der Waals surface area contributed by atoms with Crippen LogP contribution in [0.2, 0.25) is 0 Å². The minimum atomic E-state index is -0.216. The van der Waals surface area contributed by atoms with Crippen molar-refractivity contribution in [1.29, 1.82) is 0 Å². The first-order valence-corrected chi connectivity index (χ1v) is 14.1. The number of likely N-dealkylation sites (tertiary alicyclic amines) is 1. The Balaban J connectivity index is 1.13. The van der Waals surface area contributed by atoms with E-state index >= 15 is 0 Å². The standard InChI is InChI=1S/C30H42N6O3/c1-22(39-30(2,3)4)33-27(32-18-25-12-17-37-25)20-35-14-10-24(11-15-35)26-6-5-7-29(34-26)38-21-23-8-9-28-31-13-16-36(28)19-23/h5-9,13,16,19,22,24-25H,10-12,14-15,17-18,20-21H2,1-4H3,(H,32,33)/t22?,25-/m0/s1. The van der Waals surface area contributed by atoms with E-state index in [1.807, 2.05) is 41.9 Å². The van der Waals surface area contributed by atoms with E-state index in [1.54, 1.807) is 6.20 Å². The molecule has 5 heterocycles. The monoisotopic (exact) mass is 534 g/mol. The van der Waals surface area contributed by atoms with Crippen LogP contribution in [0.15, 0.2) is 53.9 Å². The molecule has 9 heteroatoms. The van der Waals surface area contributed by atoms with Crippen molar-refractivity contribution in [1.82, 2.24) is 24.6 Å². The van der Waals surface area contributed by atoms with Gasteiger partial charge in [-0.15, -0.1) is 0 Å². The second kappa shape index (κ2) is 12.4. The van der Waals surface area contributed by atoms with Gasteiger partial charge in [0.15, 0.2) is 0 Å². The van der Waals surface area contributed by atoms with Crippen LogP contribution in [0.25, 0.3) is 5.65 Å². The Bertz CT molecular complexity index is 1240. The number of fused-ring (bicyclic) bond motifs is 1. The molecular weight excluding hydrogens is 492 g/mol. The van der Waals surface area contributed by atoms with Crippen LogP contribution >= 0.6 is 0 Å². The van der Waals surface area contributed by atoms with Gasteiger partial charge in [0, 0.05) is 48.4 Å². The Morgan fingerprint density at radius 1 is 1.18 bits per heavy atom. The molecule has 0 saturated carbocycles. The van der Waals surface area contributed by atoms with Crippen molar-refractivity contribution in [2.75, 3.05) is 32.8 Å². The summed E-state index contributed by atoms with van der Waals surface area (Å²) in [7, 11) is 0. The summed E-state index contributed by atoms with van der Waals surface area (Å²) in [5, 5.41) is 3.51. The van der Waals surface area contributed by atoms with E-state index in [1.165, 1.54) is 0 Å². The summed E-state index contributed by atoms with van der Waals surface area (Å²) in [6, 6.07) is 10.2. The number of hydrogen-bond donors (Lipinski definition) is 1. The van der Waals surface area contributed by atoms with E-state index in [-0.39, 0.29) is 17.9 Å². The highest BCUT2D eigenvalue weighted by atomic mass is 16.5. The lowest BCUT2D eigenvalue weighted by Crippen LogP contribution is -2.46. The normalized spacial score (nSPS) is 20.1. The molecule has 39 heavy (non-hydrogen) atoms. The number of hydrogen-bond acceptors (Lipinski definition) is 7. The van der Waals surface area contributed by atoms with Crippen LogP contribution in [0.1, 0.15) is 64.1 Å². The topological polar surface area (TPSA) is 85.5 Å². The third-order valence-corrected chi connectivity index (χ3v) is 7.14. The van der Waals surface area contributed by atoms with Crippen molar-refractivity contribution in [2.45, 2.75) is 77.4 Å². The molecular formula is C30H42N6O3. The number of aliphatic imine (C=N–C) groups is 1. The summed E-state index contributed by atoms with van der Waals surface area (Å²) in [6.45, 7) is 13.1. The summed E-state index contributed by atoms with van der Waals surface area (Å²) in [5.41, 5.74) is 2.91. The fourth-order valence-corrected chi connectivity index (χ4v) is 5.12. The molecule has 3 aromatic rings. The summed E-state index contributed by atoms with van der Waals surface area (Å²) in [5.74, 6) is 2.07. The second-order valence-electron chi connectivity index (χ2n) is 11.6. The molecule has 1 unspecified atom stereocenters. The lowest BCUT2D eigenvalue weighted by Gasteiger charge is -2.33. The van der Waals surface area contributed by atoms with Crippen molar-refractivity contribution in [3.05, 3.63) is 60.2 Å². The fourth-order valence-electron chi connectivity index (χ4n) is 5.12. The fraction of sp³-hybridized carbons (Fsp3) is 0.567. The molecule has 2 saturated heterocycles. The van der Waals surface area contributed by atoms with Crippen LogP contribution < -0.4 is 10.1 Å². The molecule has 0 aliphatic carbocycles. The highest BCUT2D eigenvalue weighted by Gasteiger charge is 2.25. The van der Waals surface area contributed by atoms with Crippen LogP contribution in [-0.2, 0) is 16.1 Å². The molecule has 2 atom stereocenters. The van der Waals surface area contributed by atoms with Crippen molar-refractivity contribution in [2.24, 2.45) is 4.99 Å². The van der Waals surface area contributed by atoms with Gasteiger partial charge in [0.2, 0.25) is 5.88 Å². The quantitative estimate of drug-likeness (QED) is 0.234. The van der Waals surface area contributed by atoms with Gasteiger partial charge in [-0.05, 0) is 72.2 Å². The summed E-state index contributed by atoms with van der Waals surface area (Å²) in [6.07, 6.45) is 9.13. The highest BCUT2D eigenvalue weighted by Crippen LogP contribution is 2.28. The van der Waals surface area contributed by atoms with Crippen molar-refractivity contribution in [3.63, 3.8) is 0 Å². The van der Waals surface area contributed by atoms with E-state index in [0.29, 0.717) is 24.9 Å². The number of ether oxygens (including phenoxy) is 3. The molecule has 2 fully saturated rings. The van der Waals surface area contributed by atoms with Gasteiger partial charge in [0.05, 0.1) is 24.8 Å². The number of nitrogens with zero attached hydrogens (tertiary/aromatic N) is 5. The van der Waals surface area contributed by atoms with Gasteiger partial charge < -0.3 is 23.9 Å². The van der Waals surface area contributed by atoms with E-state index in [0.717, 1.165) is 68.2 Å². The predicted molar refractivity (Wildman–Crippen MR) is 152 cm³/mol. The minimum absolute atomic E-state index is 0.114. The predicted octanol–water partition coefficient (Wildman–Crippen LogP) is 4.43. The first-order chi connectivity index (χ1) is 18.8. The van der Waals surface area contributed by atoms with Gasteiger partial charge in [0.1, 0.15) is 24.3 Å². The highest BCUT2D eigenvalue weighted by molar-refractivity contribution is 5.84. The third kappa shape index (κ3) is 8.00. The van der Waals surface area contributed by atoms with Gasteiger partial charge in [-0.25, -0.2) is 9.97 Å². The molecule has 0 radical (unpaired) electrons. The Labute approximate surface area is 231 Å². The number of pyridine rings is 2. The van der Waals surface area contributed by atoms with Gasteiger partial charge in [0.25, 0.3) is 0 Å². The van der Waals surface area contributed by atoms with E-state index < -0.39 is 0 Å². The molecule has 2 aliphatic heterocycles. The molecule has 2 aliphatic rings. The lowest BCUT2D eigenvalue weighted by atomic mass is 9.93. The van der Waals surface area contributed by atoms with E-state index in [9.17, 15) is 0 Å². The molecule has 0 bridgehead atoms. The number of imidazole rings is 1. The average Bonchev–Trinajstić information content (AvgIpc) is 3.34. The second-order valence-corrected chi connectivity index (χ2v) is 11.6. The smallest absolute Gasteiger partial charge is 0.213 e. The molecule has 210 valence electrons. The number of rotatable bonds is 10. The van der Waals surface area contributed by atoms with Crippen LogP contribution in [0, 0.1) is 0 Å². The minimum Gasteiger partial charge on any atom is -0.473 e. The summed E-state index contributed by atoms with van der Waals surface area (Å²) in [4.78, 5) is 16.5. The van der Waals surface area contributed by atoms with E-state index in [2.05, 4.69) is 48.1 Å². The molecule has 0 spiro atoms. The first kappa shape index (κ1) is 27.6. The molecule has 0 amide bonds. The van der Waals surface area contributed by atoms with Gasteiger partial charge in [-0.3, -0.25) is 9.89 Å². The Kier molecular flexibility index (Phi) is 8.79. The first-order valence-electron chi connectivity index (χ1n) is 14.1. The van der Waals surface area contributed by atoms with Crippen molar-refractivity contribution >= 4 is 11.5 Å². The number of amidine groups is 1. The third-order valence-electron chi connectivity index (χ3n) is 7.14. The number of aromatic nitrogens is 3. The molecule has 0 aromatic carbocycles. The van der Waals surface area contributed by atoms with E-state index in [4.69, 9.17) is 24.2 Å². The van der Waals surface area contributed by atoms with Crippen molar-refractivity contribution in [3.8, 4) is 5.88 Å². The number of piperidine rings is 1. The molecule has 5 rings (SSSR count). The van der Waals surface area contributed by atoms with Crippen LogP contribution in [-0.4, -0.2) is 75.8 Å². The van der Waals surface area contributed by atoms with Crippen molar-refractivity contribution < 1.29 is 14.2 Å². The molecule has 9 nitrogen and oxygen atoms in total. The maximum atomic E-state index is 6.09. The van der Waals surface area contributed by atoms with Gasteiger partial charge >= 0.3 is 0 Å². The average molecular weight is 535 g/mol. The summed E-state index contributed by atoms with van der Waals surface area (Å²) >= 11 is 0. The maximum absolute atomic E-state index is 6.09. The zero-order valence-electron chi connectivity index (χ0n) is 23.7.